The number of piperidine rings is 1. The van der Waals surface area contributed by atoms with Crippen LogP contribution in [0.2, 0.25) is 0 Å². The van der Waals surface area contributed by atoms with Crippen LogP contribution in [0.15, 0.2) is 42.6 Å². The van der Waals surface area contributed by atoms with E-state index in [4.69, 9.17) is 0 Å². The summed E-state index contributed by atoms with van der Waals surface area (Å²) in [6.07, 6.45) is 0.800. The second-order valence-electron chi connectivity index (χ2n) is 7.78. The molecule has 0 unspecified atom stereocenters. The highest BCUT2D eigenvalue weighted by atomic mass is 19.4. The highest BCUT2D eigenvalue weighted by molar-refractivity contribution is 5.87. The largest absolute Gasteiger partial charge is 0.416 e. The smallest absolute Gasteiger partial charge is 0.354 e. The van der Waals surface area contributed by atoms with Crippen molar-refractivity contribution in [3.8, 4) is 11.1 Å². The van der Waals surface area contributed by atoms with Crippen molar-refractivity contribution >= 4 is 5.91 Å². The topological polar surface area (TPSA) is 45.2 Å². The number of alkyl halides is 3. The van der Waals surface area contributed by atoms with Gasteiger partial charge in [0.25, 0.3) is 0 Å². The van der Waals surface area contributed by atoms with E-state index >= 15 is 0 Å². The molecular weight excluding hydrogens is 379 g/mol. The third kappa shape index (κ3) is 3.52. The number of likely N-dealkylation sites (tertiary alicyclic amines) is 1. The van der Waals surface area contributed by atoms with Gasteiger partial charge in [-0.1, -0.05) is 19.1 Å². The number of carbonyl (C=O) groups is 1. The molecule has 2 aliphatic rings. The van der Waals surface area contributed by atoms with Crippen molar-refractivity contribution in [1.29, 1.82) is 0 Å². The molecule has 3 heterocycles. The summed E-state index contributed by atoms with van der Waals surface area (Å²) in [5.74, 6) is 0.104. The Balaban J connectivity index is 1.63. The molecule has 1 N–H and O–H groups in total. The summed E-state index contributed by atoms with van der Waals surface area (Å²) < 4.78 is 38.5. The molecule has 2 aliphatic heterocycles. The molecule has 2 fully saturated rings. The number of halogens is 3. The molecule has 1 amide bonds. The maximum Gasteiger partial charge on any atom is 0.416 e. The summed E-state index contributed by atoms with van der Waals surface area (Å²) in [4.78, 5) is 19.5. The Kier molecular flexibility index (Phi) is 5.11. The summed E-state index contributed by atoms with van der Waals surface area (Å²) >= 11 is 0. The van der Waals surface area contributed by atoms with Gasteiger partial charge < -0.3 is 5.32 Å². The Morgan fingerprint density at radius 1 is 1.17 bits per heavy atom. The first kappa shape index (κ1) is 19.9. The van der Waals surface area contributed by atoms with Crippen LogP contribution >= 0.6 is 0 Å². The zero-order valence-corrected chi connectivity index (χ0v) is 16.3. The van der Waals surface area contributed by atoms with Gasteiger partial charge in [0, 0.05) is 12.7 Å². The van der Waals surface area contributed by atoms with Crippen LogP contribution in [0.4, 0.5) is 13.2 Å². The van der Waals surface area contributed by atoms with E-state index in [0.717, 1.165) is 62.2 Å². The predicted octanol–water partition coefficient (Wildman–Crippen LogP) is 4.57. The van der Waals surface area contributed by atoms with E-state index in [0.29, 0.717) is 5.56 Å². The SMILES string of the molecule is CCN1[C@H](c2cc(-c3ccc(C(F)(F)F)cc3)ccn2)CC[C@]12CCCNC2=O. The van der Waals surface area contributed by atoms with Crippen LogP contribution in [0, 0.1) is 0 Å². The lowest BCUT2D eigenvalue weighted by molar-refractivity contribution is -0.137. The fourth-order valence-corrected chi connectivity index (χ4v) is 4.84. The van der Waals surface area contributed by atoms with Crippen molar-refractivity contribution < 1.29 is 18.0 Å². The average Bonchev–Trinajstić information content (AvgIpc) is 3.09. The maximum absolute atomic E-state index is 12.8. The number of hydrogen-bond acceptors (Lipinski definition) is 3. The molecule has 0 bridgehead atoms. The number of pyridine rings is 1. The van der Waals surface area contributed by atoms with Crippen LogP contribution in [-0.4, -0.2) is 34.4 Å². The van der Waals surface area contributed by atoms with Crippen molar-refractivity contribution in [2.75, 3.05) is 13.1 Å². The molecule has 2 saturated heterocycles. The Morgan fingerprint density at radius 2 is 1.93 bits per heavy atom. The molecule has 4 nitrogen and oxygen atoms in total. The third-order valence-corrected chi connectivity index (χ3v) is 6.24. The van der Waals surface area contributed by atoms with Gasteiger partial charge in [0.2, 0.25) is 5.91 Å². The molecule has 1 aromatic heterocycles. The van der Waals surface area contributed by atoms with E-state index in [-0.39, 0.29) is 11.9 Å². The van der Waals surface area contributed by atoms with Gasteiger partial charge in [-0.2, -0.15) is 13.2 Å². The predicted molar refractivity (Wildman–Crippen MR) is 104 cm³/mol. The first-order chi connectivity index (χ1) is 13.8. The Morgan fingerprint density at radius 3 is 2.59 bits per heavy atom. The highest BCUT2D eigenvalue weighted by Crippen LogP contribution is 2.46. The van der Waals surface area contributed by atoms with Gasteiger partial charge in [0.15, 0.2) is 0 Å². The molecule has 154 valence electrons. The van der Waals surface area contributed by atoms with Crippen molar-refractivity contribution in [1.82, 2.24) is 15.2 Å². The molecule has 1 spiro atoms. The minimum atomic E-state index is -4.34. The second-order valence-corrected chi connectivity index (χ2v) is 7.78. The molecule has 2 aromatic rings. The van der Waals surface area contributed by atoms with Crippen LogP contribution in [-0.2, 0) is 11.0 Å². The van der Waals surface area contributed by atoms with E-state index < -0.39 is 17.3 Å². The molecule has 2 atom stereocenters. The fraction of sp³-hybridized carbons (Fsp3) is 0.455. The van der Waals surface area contributed by atoms with Crippen LogP contribution in [0.3, 0.4) is 0 Å². The van der Waals surface area contributed by atoms with Crippen LogP contribution < -0.4 is 5.32 Å². The lowest BCUT2D eigenvalue weighted by Gasteiger charge is -2.41. The van der Waals surface area contributed by atoms with E-state index in [1.165, 1.54) is 12.1 Å². The highest BCUT2D eigenvalue weighted by Gasteiger charge is 2.52. The summed E-state index contributed by atoms with van der Waals surface area (Å²) in [5.41, 5.74) is 1.28. The van der Waals surface area contributed by atoms with E-state index in [2.05, 4.69) is 22.1 Å². The lowest BCUT2D eigenvalue weighted by atomic mass is 9.86. The normalized spacial score (nSPS) is 25.4. The minimum absolute atomic E-state index is 0.0262. The van der Waals surface area contributed by atoms with Gasteiger partial charge in [-0.3, -0.25) is 14.7 Å². The first-order valence-corrected chi connectivity index (χ1v) is 10.0. The quantitative estimate of drug-likeness (QED) is 0.816. The summed E-state index contributed by atoms with van der Waals surface area (Å²) in [5, 5.41) is 3.01. The second kappa shape index (κ2) is 7.44. The van der Waals surface area contributed by atoms with Crippen molar-refractivity contribution in [2.24, 2.45) is 0 Å². The Bertz CT molecular complexity index is 897. The van der Waals surface area contributed by atoms with Crippen molar-refractivity contribution in [3.63, 3.8) is 0 Å². The molecule has 0 aliphatic carbocycles. The van der Waals surface area contributed by atoms with Crippen LogP contribution in [0.1, 0.15) is 49.9 Å². The van der Waals surface area contributed by atoms with Gasteiger partial charge in [0.05, 0.1) is 17.3 Å². The maximum atomic E-state index is 12.8. The van der Waals surface area contributed by atoms with E-state index in [1.54, 1.807) is 12.3 Å². The fourth-order valence-electron chi connectivity index (χ4n) is 4.84. The minimum Gasteiger partial charge on any atom is -0.354 e. The van der Waals surface area contributed by atoms with Gasteiger partial charge in [-0.25, -0.2) is 0 Å². The van der Waals surface area contributed by atoms with Crippen LogP contribution in [0.25, 0.3) is 11.1 Å². The molecule has 4 rings (SSSR count). The van der Waals surface area contributed by atoms with E-state index in [1.807, 2.05) is 6.07 Å². The number of aromatic nitrogens is 1. The molecule has 29 heavy (non-hydrogen) atoms. The molecular formula is C22H24F3N3O. The summed E-state index contributed by atoms with van der Waals surface area (Å²) in [7, 11) is 0. The standard InChI is InChI=1S/C22H24F3N3O/c1-2-28-19(8-11-21(28)10-3-12-27-20(21)29)18-14-16(9-13-26-18)15-4-6-17(7-5-15)22(23,24)25/h4-7,9,13-14,19H,2-3,8,10-12H2,1H3,(H,27,29)/t19-,21-/m0/s1. The number of benzene rings is 1. The monoisotopic (exact) mass is 403 g/mol. The lowest BCUT2D eigenvalue weighted by Crippen LogP contribution is -2.58. The van der Waals surface area contributed by atoms with Crippen LogP contribution in [0.5, 0.6) is 0 Å². The number of nitrogens with one attached hydrogen (secondary N) is 1. The van der Waals surface area contributed by atoms with Crippen molar-refractivity contribution in [2.45, 2.75) is 50.4 Å². The summed E-state index contributed by atoms with van der Waals surface area (Å²) in [6, 6.07) is 8.96. The number of likely N-dealkylation sites (N-methyl/N-ethyl adjacent to an activating group) is 1. The zero-order chi connectivity index (χ0) is 20.6. The van der Waals surface area contributed by atoms with Gasteiger partial charge >= 0.3 is 6.18 Å². The molecule has 1 aromatic carbocycles. The van der Waals surface area contributed by atoms with Crippen molar-refractivity contribution in [3.05, 3.63) is 53.9 Å². The summed E-state index contributed by atoms with van der Waals surface area (Å²) in [6.45, 7) is 3.52. The first-order valence-electron chi connectivity index (χ1n) is 10.0. The Hall–Kier alpha value is -2.41. The zero-order valence-electron chi connectivity index (χ0n) is 16.3. The molecule has 0 radical (unpaired) electrons. The number of amides is 1. The third-order valence-electron chi connectivity index (χ3n) is 6.24. The molecule has 7 heteroatoms. The molecule has 0 saturated carbocycles. The van der Waals surface area contributed by atoms with Gasteiger partial charge in [-0.15, -0.1) is 0 Å². The number of rotatable bonds is 3. The average molecular weight is 403 g/mol. The van der Waals surface area contributed by atoms with E-state index in [9.17, 15) is 18.0 Å². The number of carbonyl (C=O) groups excluding carboxylic acids is 1. The number of nitrogens with zero attached hydrogens (tertiary/aromatic N) is 2. The Labute approximate surface area is 168 Å². The number of hydrogen-bond donors (Lipinski definition) is 1. The van der Waals surface area contributed by atoms with Gasteiger partial charge in [-0.05, 0) is 67.6 Å². The van der Waals surface area contributed by atoms with Gasteiger partial charge in [0.1, 0.15) is 5.54 Å².